The molecule has 0 bridgehead atoms. The van der Waals surface area contributed by atoms with Crippen LogP contribution in [0.1, 0.15) is 186 Å². The van der Waals surface area contributed by atoms with E-state index in [4.69, 9.17) is 9.47 Å². The van der Waals surface area contributed by atoms with Crippen LogP contribution in [0.15, 0.2) is 84.9 Å². The fourth-order valence-corrected chi connectivity index (χ4v) is 8.53. The lowest BCUT2D eigenvalue weighted by Crippen LogP contribution is -2.24. The van der Waals surface area contributed by atoms with Crippen molar-refractivity contribution in [2.45, 2.75) is 154 Å². The van der Waals surface area contributed by atoms with Crippen molar-refractivity contribution in [2.24, 2.45) is 0 Å². The molecule has 0 aliphatic heterocycles. The van der Waals surface area contributed by atoms with E-state index in [0.29, 0.717) is 28.7 Å². The van der Waals surface area contributed by atoms with E-state index in [1.54, 1.807) is 17.7 Å². The largest absolute Gasteiger partial charge is 0.456 e. The number of hydrogen-bond donors (Lipinski definition) is 0. The summed E-state index contributed by atoms with van der Waals surface area (Å²) in [5.41, 5.74) is 9.17. The van der Waals surface area contributed by atoms with Gasteiger partial charge in [0.05, 0.1) is 11.1 Å². The molecule has 0 heterocycles. The summed E-state index contributed by atoms with van der Waals surface area (Å²) in [6.45, 7) is 17.4. The van der Waals surface area contributed by atoms with Gasteiger partial charge < -0.3 is 9.47 Å². The van der Waals surface area contributed by atoms with Crippen LogP contribution in [0.5, 0.6) is 5.75 Å². The molecule has 4 aromatic rings. The maximum atomic E-state index is 13.7. The maximum Gasteiger partial charge on any atom is 0.343 e. The average molecular weight is 727 g/mol. The molecule has 0 saturated heterocycles. The molecule has 4 aromatic carbocycles. The van der Waals surface area contributed by atoms with E-state index < -0.39 is 5.60 Å². The predicted molar refractivity (Wildman–Crippen MR) is 222 cm³/mol. The van der Waals surface area contributed by atoms with E-state index in [1.807, 2.05) is 57.2 Å². The van der Waals surface area contributed by atoms with E-state index in [1.165, 1.54) is 68.1 Å². The fraction of sp³-hybridized carbons (Fsp3) is 0.480. The molecule has 0 aromatic heterocycles. The topological polar surface area (TPSA) is 52.6 Å². The van der Waals surface area contributed by atoms with Gasteiger partial charge in [0, 0.05) is 5.41 Å². The molecule has 2 saturated carbocycles. The highest BCUT2D eigenvalue weighted by atomic mass is 16.6. The SMILES string of the molecule is CCC(C)(C)c1ccc(C(C)(C)c2ccc(OC(=O)c3ccc(-c4ccc(C(=O)OC(C)(C)C)cc4)cc3)c(C3CCCCC3)c2)cc1C1CCCCC1. The third-order valence-electron chi connectivity index (χ3n) is 12.4. The third-order valence-corrected chi connectivity index (χ3v) is 12.4. The lowest BCUT2D eigenvalue weighted by atomic mass is 9.70. The van der Waals surface area contributed by atoms with Gasteiger partial charge in [0.2, 0.25) is 0 Å². The highest BCUT2D eigenvalue weighted by molar-refractivity contribution is 5.92. The van der Waals surface area contributed by atoms with Crippen LogP contribution in [-0.2, 0) is 15.6 Å². The Kier molecular flexibility index (Phi) is 11.9. The van der Waals surface area contributed by atoms with Crippen molar-refractivity contribution in [3.63, 3.8) is 0 Å². The zero-order valence-corrected chi connectivity index (χ0v) is 34.1. The van der Waals surface area contributed by atoms with Gasteiger partial charge in [0.1, 0.15) is 11.4 Å². The van der Waals surface area contributed by atoms with Gasteiger partial charge in [-0.15, -0.1) is 0 Å². The van der Waals surface area contributed by atoms with E-state index >= 15 is 0 Å². The van der Waals surface area contributed by atoms with E-state index in [9.17, 15) is 9.59 Å². The average Bonchev–Trinajstić information content (AvgIpc) is 3.18. The molecular formula is C50H62O4. The summed E-state index contributed by atoms with van der Waals surface area (Å²) in [7, 11) is 0. The first-order chi connectivity index (χ1) is 25.7. The number of esters is 2. The van der Waals surface area contributed by atoms with Crippen LogP contribution in [-0.4, -0.2) is 17.5 Å². The second-order valence-electron chi connectivity index (χ2n) is 18.1. The quantitative estimate of drug-likeness (QED) is 0.121. The molecular weight excluding hydrogens is 665 g/mol. The molecule has 6 rings (SSSR count). The van der Waals surface area contributed by atoms with Crippen molar-refractivity contribution in [1.29, 1.82) is 0 Å². The highest BCUT2D eigenvalue weighted by Crippen LogP contribution is 2.45. The first-order valence-electron chi connectivity index (χ1n) is 20.6. The summed E-state index contributed by atoms with van der Waals surface area (Å²) in [4.78, 5) is 26.2. The third kappa shape index (κ3) is 9.02. The Morgan fingerprint density at radius 3 is 1.54 bits per heavy atom. The normalized spacial score (nSPS) is 16.2. The summed E-state index contributed by atoms with van der Waals surface area (Å²) in [5, 5.41) is 0. The van der Waals surface area contributed by atoms with Gasteiger partial charge in [0.15, 0.2) is 0 Å². The van der Waals surface area contributed by atoms with Gasteiger partial charge in [-0.1, -0.05) is 128 Å². The Hall–Kier alpha value is -4.18. The van der Waals surface area contributed by atoms with Crippen LogP contribution < -0.4 is 4.74 Å². The predicted octanol–water partition coefficient (Wildman–Crippen LogP) is 13.6. The molecule has 2 fully saturated rings. The molecule has 0 unspecified atom stereocenters. The summed E-state index contributed by atoms with van der Waals surface area (Å²) in [6.07, 6.45) is 13.6. The first kappa shape index (κ1) is 39.5. The number of ether oxygens (including phenoxy) is 2. The Balaban J connectivity index is 1.25. The second kappa shape index (κ2) is 16.3. The zero-order valence-electron chi connectivity index (χ0n) is 34.1. The number of carbonyl (C=O) groups excluding carboxylic acids is 2. The molecule has 54 heavy (non-hydrogen) atoms. The molecule has 0 amide bonds. The Bertz CT molecular complexity index is 1910. The zero-order chi connectivity index (χ0) is 38.7. The maximum absolute atomic E-state index is 13.7. The van der Waals surface area contributed by atoms with Gasteiger partial charge in [-0.3, -0.25) is 0 Å². The Morgan fingerprint density at radius 2 is 1.04 bits per heavy atom. The molecule has 0 atom stereocenters. The minimum absolute atomic E-state index is 0.143. The number of rotatable bonds is 10. The smallest absolute Gasteiger partial charge is 0.343 e. The summed E-state index contributed by atoms with van der Waals surface area (Å²) >= 11 is 0. The lowest BCUT2D eigenvalue weighted by molar-refractivity contribution is 0.00693. The van der Waals surface area contributed by atoms with Crippen LogP contribution in [0.3, 0.4) is 0 Å². The fourth-order valence-electron chi connectivity index (χ4n) is 8.53. The monoisotopic (exact) mass is 726 g/mol. The minimum atomic E-state index is -0.549. The van der Waals surface area contributed by atoms with Crippen molar-refractivity contribution in [3.8, 4) is 16.9 Å². The van der Waals surface area contributed by atoms with E-state index in [2.05, 4.69) is 71.0 Å². The molecule has 4 nitrogen and oxygen atoms in total. The van der Waals surface area contributed by atoms with Gasteiger partial charge in [-0.2, -0.15) is 0 Å². The van der Waals surface area contributed by atoms with Crippen molar-refractivity contribution < 1.29 is 19.1 Å². The van der Waals surface area contributed by atoms with Crippen LogP contribution in [0.2, 0.25) is 0 Å². The number of hydrogen-bond acceptors (Lipinski definition) is 4. The standard InChI is InChI=1S/C50H62O4/c1-9-49(5,6)44-30-28-40(32-42(44)36-16-12-10-13-17-36)50(7,8)41-29-31-45(43(33-41)37-18-14-11-15-19-37)53-46(51)38-24-20-34(21-25-38)35-22-26-39(27-23-35)47(52)54-48(2,3)4/h20-33,36-37H,9-19H2,1-8H3. The minimum Gasteiger partial charge on any atom is -0.456 e. The van der Waals surface area contributed by atoms with Crippen molar-refractivity contribution >= 4 is 11.9 Å². The van der Waals surface area contributed by atoms with E-state index in [0.717, 1.165) is 36.0 Å². The molecule has 286 valence electrons. The summed E-state index contributed by atoms with van der Waals surface area (Å²) in [6, 6.07) is 28.8. The number of carbonyl (C=O) groups is 2. The Labute approximate surface area is 325 Å². The summed E-state index contributed by atoms with van der Waals surface area (Å²) < 4.78 is 11.8. The van der Waals surface area contributed by atoms with Crippen LogP contribution >= 0.6 is 0 Å². The lowest BCUT2D eigenvalue weighted by Gasteiger charge is -2.35. The Morgan fingerprint density at radius 1 is 0.574 bits per heavy atom. The van der Waals surface area contributed by atoms with Crippen LogP contribution in [0.25, 0.3) is 11.1 Å². The van der Waals surface area contributed by atoms with Gasteiger partial charge in [-0.05, 0) is 139 Å². The molecule has 4 heteroatoms. The molecule has 2 aliphatic carbocycles. The van der Waals surface area contributed by atoms with E-state index in [-0.39, 0.29) is 22.8 Å². The van der Waals surface area contributed by atoms with Crippen LogP contribution in [0.4, 0.5) is 0 Å². The highest BCUT2D eigenvalue weighted by Gasteiger charge is 2.32. The summed E-state index contributed by atoms with van der Waals surface area (Å²) in [5.74, 6) is 0.987. The second-order valence-corrected chi connectivity index (χ2v) is 18.1. The van der Waals surface area contributed by atoms with Gasteiger partial charge in [-0.25, -0.2) is 9.59 Å². The molecule has 0 radical (unpaired) electrons. The van der Waals surface area contributed by atoms with Crippen molar-refractivity contribution in [3.05, 3.63) is 124 Å². The van der Waals surface area contributed by atoms with Crippen LogP contribution in [0, 0.1) is 0 Å². The molecule has 0 spiro atoms. The van der Waals surface area contributed by atoms with Crippen molar-refractivity contribution in [1.82, 2.24) is 0 Å². The molecule has 2 aliphatic rings. The molecule has 0 N–H and O–H groups in total. The van der Waals surface area contributed by atoms with Gasteiger partial charge in [0.25, 0.3) is 0 Å². The van der Waals surface area contributed by atoms with Gasteiger partial charge >= 0.3 is 11.9 Å². The number of benzene rings is 4. The van der Waals surface area contributed by atoms with Crippen molar-refractivity contribution in [2.75, 3.05) is 0 Å². The first-order valence-corrected chi connectivity index (χ1v) is 20.6.